The average Bonchev–Trinajstić information content (AvgIpc) is 3.73. The predicted octanol–water partition coefficient (Wildman–Crippen LogP) is -1.97. The number of fused-ring (bicyclic) bond motifs is 4. The molecule has 4 heterocycles. The summed E-state index contributed by atoms with van der Waals surface area (Å²) < 4.78 is 3.58. The zero-order valence-corrected chi connectivity index (χ0v) is 30.1. The van der Waals surface area contributed by atoms with Crippen LogP contribution < -0.4 is 42.5 Å². The molecule has 8 rings (SSSR count). The Hall–Kier alpha value is -5.40. The maximum Gasteiger partial charge on any atom is 2.00 e. The first kappa shape index (κ1) is 44.6. The summed E-state index contributed by atoms with van der Waals surface area (Å²) in [4.78, 5) is 69.1. The molecule has 14 nitrogen and oxygen atoms in total. The molecule has 0 N–H and O–H groups in total. The molecule has 2 aromatic heterocycles. The molecule has 0 saturated carbocycles. The van der Waals surface area contributed by atoms with Crippen LogP contribution in [0.4, 0.5) is 0 Å². The van der Waals surface area contributed by atoms with Gasteiger partial charge < -0.3 is 39.6 Å². The number of hydrogen-bond acceptors (Lipinski definition) is 12. The molecule has 4 aromatic carbocycles. The van der Waals surface area contributed by atoms with Crippen molar-refractivity contribution in [2.75, 3.05) is 13.1 Å². The second-order valence-corrected chi connectivity index (χ2v) is 10.7. The summed E-state index contributed by atoms with van der Waals surface area (Å²) in [5.41, 5.74) is 1.87. The Labute approximate surface area is 317 Å². The van der Waals surface area contributed by atoms with E-state index in [1.165, 1.54) is 0 Å². The van der Waals surface area contributed by atoms with Crippen molar-refractivity contribution in [2.45, 2.75) is 40.8 Å². The summed E-state index contributed by atoms with van der Waals surface area (Å²) in [7, 11) is 0. The van der Waals surface area contributed by atoms with E-state index in [4.69, 9.17) is 39.6 Å². The van der Waals surface area contributed by atoms with E-state index in [1.807, 2.05) is 60.7 Å². The van der Waals surface area contributed by atoms with Crippen molar-refractivity contribution in [1.29, 1.82) is 0 Å². The van der Waals surface area contributed by atoms with Gasteiger partial charge >= 0.3 is 34.1 Å². The van der Waals surface area contributed by atoms with Gasteiger partial charge in [0.2, 0.25) is 0 Å². The summed E-state index contributed by atoms with van der Waals surface area (Å²) in [6.45, 7) is 6.73. The molecule has 6 aromatic rings. The first-order valence-corrected chi connectivity index (χ1v) is 15.1. The molecule has 0 amide bonds. The van der Waals surface area contributed by atoms with E-state index < -0.39 is 23.9 Å². The minimum Gasteiger partial charge on any atom is -0.550 e. The summed E-state index contributed by atoms with van der Waals surface area (Å²) in [6, 6.07) is 24.0. The molecule has 2 aliphatic rings. The van der Waals surface area contributed by atoms with Crippen LogP contribution in [0.15, 0.2) is 92.4 Å². The Kier molecular flexibility index (Phi) is 17.5. The summed E-state index contributed by atoms with van der Waals surface area (Å²) in [5.74, 6) is -4.33. The first-order chi connectivity index (χ1) is 23.6. The summed E-state index contributed by atoms with van der Waals surface area (Å²) >= 11 is 0. The minimum atomic E-state index is -1.08. The van der Waals surface area contributed by atoms with Gasteiger partial charge in [-0.15, -0.1) is 0 Å². The number of aliphatic carboxylic acids is 4. The van der Waals surface area contributed by atoms with Crippen molar-refractivity contribution in [2.24, 2.45) is 9.98 Å². The van der Waals surface area contributed by atoms with Gasteiger partial charge in [0.15, 0.2) is 0 Å². The van der Waals surface area contributed by atoms with Gasteiger partial charge in [-0.25, -0.2) is 0 Å². The Morgan fingerprint density at radius 1 is 0.500 bits per heavy atom. The Bertz CT molecular complexity index is 2240. The van der Waals surface area contributed by atoms with Crippen molar-refractivity contribution in [3.8, 4) is 0 Å². The summed E-state index contributed by atoms with van der Waals surface area (Å²) in [6.07, 6.45) is 0. The Morgan fingerprint density at radius 2 is 0.750 bits per heavy atom. The number of benzene rings is 4. The standard InChI is InChI=1S/2C14H10N2O.4C2H4O2.2Cu/c2*17-14-11-6-2-4-9-3-1-5-10(12(9)11)13-15-7-8-16(13)14;4*1-2(3)4;;/h2*1-6H,7-8H2;4*1H3,(H,3,4);;/q;;;;;;2*+2/p-4. The average molecular weight is 808 g/mol. The number of nitrogens with zero attached hydrogens (tertiary/aromatic N) is 4. The van der Waals surface area contributed by atoms with Crippen LogP contribution in [0.25, 0.3) is 43.1 Å². The molecule has 0 spiro atoms. The number of carboxylic acid groups (broad SMARTS) is 4. The zero-order valence-electron chi connectivity index (χ0n) is 28.2. The van der Waals surface area contributed by atoms with Gasteiger partial charge in [-0.05, 0) is 50.6 Å². The molecule has 16 heteroatoms. The summed E-state index contributed by atoms with van der Waals surface area (Å²) in [5, 5.41) is 43.7. The molecular formula is C36H32Cu2N4O10. The molecular weight excluding hydrogens is 776 g/mol. The smallest absolute Gasteiger partial charge is 0.550 e. The quantitative estimate of drug-likeness (QED) is 0.154. The van der Waals surface area contributed by atoms with Gasteiger partial charge in [0.05, 0.1) is 13.1 Å². The topological polar surface area (TPSA) is 229 Å². The van der Waals surface area contributed by atoms with Crippen molar-refractivity contribution in [1.82, 2.24) is 9.13 Å². The number of aromatic nitrogens is 2. The maximum atomic E-state index is 12.3. The fourth-order valence-corrected chi connectivity index (χ4v) is 5.45. The van der Waals surface area contributed by atoms with E-state index >= 15 is 0 Å². The molecule has 0 bridgehead atoms. The van der Waals surface area contributed by atoms with Crippen LogP contribution in [0.5, 0.6) is 0 Å². The molecule has 0 atom stereocenters. The number of rotatable bonds is 0. The van der Waals surface area contributed by atoms with Crippen LogP contribution >= 0.6 is 0 Å². The van der Waals surface area contributed by atoms with Crippen LogP contribution in [0, 0.1) is 0 Å². The number of carbonyl (C=O) groups excluding carboxylic acids is 4. The van der Waals surface area contributed by atoms with Gasteiger partial charge in [0, 0.05) is 69.3 Å². The second-order valence-electron chi connectivity index (χ2n) is 10.7. The van der Waals surface area contributed by atoms with Crippen LogP contribution in [0.1, 0.15) is 27.7 Å². The third kappa shape index (κ3) is 11.3. The van der Waals surface area contributed by atoms with Crippen molar-refractivity contribution >= 4 is 67.0 Å². The van der Waals surface area contributed by atoms with Gasteiger partial charge in [-0.2, -0.15) is 0 Å². The fraction of sp³-hybridized carbons (Fsp3) is 0.222. The van der Waals surface area contributed by atoms with Gasteiger partial charge in [-0.1, -0.05) is 60.7 Å². The molecule has 0 unspecified atom stereocenters. The van der Waals surface area contributed by atoms with Crippen LogP contribution in [0.3, 0.4) is 0 Å². The molecule has 0 saturated heterocycles. The predicted molar refractivity (Wildman–Crippen MR) is 177 cm³/mol. The third-order valence-corrected chi connectivity index (χ3v) is 6.92. The van der Waals surface area contributed by atoms with E-state index in [2.05, 4.69) is 22.1 Å². The van der Waals surface area contributed by atoms with Crippen molar-refractivity contribution in [3.05, 3.63) is 104 Å². The van der Waals surface area contributed by atoms with Gasteiger partial charge in [-0.3, -0.25) is 28.7 Å². The first-order valence-electron chi connectivity index (χ1n) is 15.1. The van der Waals surface area contributed by atoms with E-state index in [9.17, 15) is 9.59 Å². The number of carboxylic acids is 4. The monoisotopic (exact) mass is 806 g/mol. The van der Waals surface area contributed by atoms with Crippen LogP contribution in [0.2, 0.25) is 0 Å². The number of carbonyl (C=O) groups is 4. The fourth-order valence-electron chi connectivity index (χ4n) is 5.45. The molecule has 0 aliphatic carbocycles. The largest absolute Gasteiger partial charge is 2.00 e. The Balaban J connectivity index is 0.000000362. The second kappa shape index (κ2) is 20.4. The van der Waals surface area contributed by atoms with E-state index in [0.29, 0.717) is 26.2 Å². The van der Waals surface area contributed by atoms with Gasteiger partial charge in [0.25, 0.3) is 11.1 Å². The van der Waals surface area contributed by atoms with E-state index in [0.717, 1.165) is 81.8 Å². The molecule has 2 radical (unpaired) electrons. The van der Waals surface area contributed by atoms with Crippen LogP contribution in [-0.4, -0.2) is 46.1 Å². The SMILES string of the molecule is CC(=O)[O-].CC(=O)[O-].CC(=O)[O-].CC(=O)[O-].O=c1c2cccc3cccc(c4n1CCN=4)c32.O=c1c2cccc3cccc(c4n1CCN=4)c32.[Cu+2].[Cu+2]. The van der Waals surface area contributed by atoms with Gasteiger partial charge in [0.1, 0.15) is 11.0 Å². The van der Waals surface area contributed by atoms with Crippen molar-refractivity contribution < 1.29 is 73.7 Å². The molecule has 2 aliphatic heterocycles. The van der Waals surface area contributed by atoms with Crippen LogP contribution in [-0.2, 0) is 66.4 Å². The van der Waals surface area contributed by atoms with Crippen molar-refractivity contribution in [3.63, 3.8) is 0 Å². The zero-order chi connectivity index (χ0) is 37.1. The Morgan fingerprint density at radius 3 is 1.02 bits per heavy atom. The number of hydrogen-bond donors (Lipinski definition) is 0. The normalized spacial score (nSPS) is 11.2. The molecule has 0 fully saturated rings. The number of pyridine rings is 2. The van der Waals surface area contributed by atoms with E-state index in [-0.39, 0.29) is 45.3 Å². The minimum absolute atomic E-state index is 0. The molecule has 278 valence electrons. The third-order valence-electron chi connectivity index (χ3n) is 6.92. The molecule has 52 heavy (non-hydrogen) atoms. The maximum absolute atomic E-state index is 12.3. The van der Waals surface area contributed by atoms with E-state index in [1.54, 1.807) is 9.13 Å².